The first kappa shape index (κ1) is 13.3. The van der Waals surface area contributed by atoms with E-state index >= 15 is 0 Å². The van der Waals surface area contributed by atoms with Crippen molar-refractivity contribution < 1.29 is 4.74 Å². The van der Waals surface area contributed by atoms with Crippen molar-refractivity contribution in [1.29, 1.82) is 0 Å². The molecule has 0 aliphatic heterocycles. The zero-order chi connectivity index (χ0) is 11.8. The van der Waals surface area contributed by atoms with Crippen LogP contribution in [-0.4, -0.2) is 44.3 Å². The van der Waals surface area contributed by atoms with Crippen molar-refractivity contribution in [2.45, 2.75) is 32.2 Å². The molecule has 0 amide bonds. The van der Waals surface area contributed by atoms with Gasteiger partial charge in [-0.15, -0.1) is 0 Å². The van der Waals surface area contributed by atoms with Crippen molar-refractivity contribution in [3.05, 3.63) is 10.4 Å². The minimum Gasteiger partial charge on any atom is -0.383 e. The van der Waals surface area contributed by atoms with E-state index in [-0.39, 0.29) is 0 Å². The molecule has 0 bridgehead atoms. The van der Waals surface area contributed by atoms with E-state index in [2.05, 4.69) is 21.8 Å². The number of hydrogen-bond donors (Lipinski definition) is 0. The average Bonchev–Trinajstić information content (AvgIpc) is 3.11. The lowest BCUT2D eigenvalue weighted by Gasteiger charge is -2.28. The second-order valence-electron chi connectivity index (χ2n) is 4.41. The zero-order valence-corrected chi connectivity index (χ0v) is 10.3. The van der Waals surface area contributed by atoms with Crippen LogP contribution >= 0.6 is 0 Å². The molecule has 1 aliphatic carbocycles. The fraction of sp³-hybridized carbons (Fsp3) is 1.00. The highest BCUT2D eigenvalue weighted by Gasteiger charge is 2.31. The van der Waals surface area contributed by atoms with Crippen molar-refractivity contribution in [2.24, 2.45) is 11.0 Å². The highest BCUT2D eigenvalue weighted by molar-refractivity contribution is 4.85. The highest BCUT2D eigenvalue weighted by atomic mass is 16.5. The van der Waals surface area contributed by atoms with Gasteiger partial charge in [-0.05, 0) is 44.2 Å². The topological polar surface area (TPSA) is 61.2 Å². The van der Waals surface area contributed by atoms with Gasteiger partial charge in [0.2, 0.25) is 0 Å². The minimum atomic E-state index is 0.595. The van der Waals surface area contributed by atoms with Gasteiger partial charge in [-0.2, -0.15) is 0 Å². The molecule has 92 valence electrons. The molecule has 0 N–H and O–H groups in total. The summed E-state index contributed by atoms with van der Waals surface area (Å²) in [7, 11) is 1.74. The largest absolute Gasteiger partial charge is 0.383 e. The van der Waals surface area contributed by atoms with Crippen molar-refractivity contribution >= 4 is 0 Å². The molecular weight excluding hydrogens is 204 g/mol. The molecule has 0 heterocycles. The maximum atomic E-state index is 8.21. The van der Waals surface area contributed by atoms with E-state index in [0.29, 0.717) is 12.6 Å². The van der Waals surface area contributed by atoms with Crippen LogP contribution in [0.3, 0.4) is 0 Å². The molecule has 0 aromatic rings. The third kappa shape index (κ3) is 4.84. The Kier molecular flexibility index (Phi) is 6.23. The molecule has 0 radical (unpaired) electrons. The zero-order valence-electron chi connectivity index (χ0n) is 10.3. The second kappa shape index (κ2) is 7.49. The summed E-state index contributed by atoms with van der Waals surface area (Å²) in [6, 6.07) is 0.640. The molecule has 0 aromatic heterocycles. The second-order valence-corrected chi connectivity index (χ2v) is 4.41. The Labute approximate surface area is 97.4 Å². The summed E-state index contributed by atoms with van der Waals surface area (Å²) in [5, 5.41) is 3.57. The third-order valence-electron chi connectivity index (χ3n) is 3.23. The molecule has 1 fully saturated rings. The molecule has 0 aromatic carbocycles. The van der Waals surface area contributed by atoms with Crippen molar-refractivity contribution in [1.82, 2.24) is 4.90 Å². The Hall–Kier alpha value is -0.770. The summed E-state index contributed by atoms with van der Waals surface area (Å²) in [5.74, 6) is 0.872. The first-order valence-corrected chi connectivity index (χ1v) is 6.03. The van der Waals surface area contributed by atoms with Crippen LogP contribution in [0.4, 0.5) is 0 Å². The SMILES string of the molecule is COCCN(CCCN=[N+]=[N-])C(C)C1CC1. The Morgan fingerprint density at radius 3 is 2.81 bits per heavy atom. The summed E-state index contributed by atoms with van der Waals surface area (Å²) in [5.41, 5.74) is 8.21. The summed E-state index contributed by atoms with van der Waals surface area (Å²) < 4.78 is 5.13. The van der Waals surface area contributed by atoms with E-state index in [9.17, 15) is 0 Å². The Morgan fingerprint density at radius 2 is 2.25 bits per heavy atom. The van der Waals surface area contributed by atoms with Crippen LogP contribution in [0, 0.1) is 5.92 Å². The lowest BCUT2D eigenvalue weighted by molar-refractivity contribution is 0.116. The van der Waals surface area contributed by atoms with Crippen molar-refractivity contribution in [3.8, 4) is 0 Å². The third-order valence-corrected chi connectivity index (χ3v) is 3.23. The molecule has 1 saturated carbocycles. The van der Waals surface area contributed by atoms with Crippen LogP contribution in [0.2, 0.25) is 0 Å². The maximum Gasteiger partial charge on any atom is 0.0589 e. The summed E-state index contributed by atoms with van der Waals surface area (Å²) in [6.45, 7) is 5.64. The first-order valence-electron chi connectivity index (χ1n) is 6.03. The number of rotatable bonds is 9. The molecule has 1 atom stereocenters. The van der Waals surface area contributed by atoms with Gasteiger partial charge in [0.1, 0.15) is 0 Å². The number of hydrogen-bond acceptors (Lipinski definition) is 3. The lowest BCUT2D eigenvalue weighted by Crippen LogP contribution is -2.38. The van der Waals surface area contributed by atoms with Gasteiger partial charge in [-0.3, -0.25) is 4.90 Å². The van der Waals surface area contributed by atoms with Gasteiger partial charge in [0.25, 0.3) is 0 Å². The van der Waals surface area contributed by atoms with E-state index in [1.807, 2.05) is 0 Å². The van der Waals surface area contributed by atoms with Gasteiger partial charge < -0.3 is 4.74 Å². The minimum absolute atomic E-state index is 0.595. The van der Waals surface area contributed by atoms with E-state index < -0.39 is 0 Å². The van der Waals surface area contributed by atoms with Gasteiger partial charge in [0.15, 0.2) is 0 Å². The highest BCUT2D eigenvalue weighted by Crippen LogP contribution is 2.35. The maximum absolute atomic E-state index is 8.21. The van der Waals surface area contributed by atoms with Gasteiger partial charge in [-0.25, -0.2) is 0 Å². The number of methoxy groups -OCH3 is 1. The van der Waals surface area contributed by atoms with E-state index in [0.717, 1.165) is 32.0 Å². The Balaban J connectivity index is 2.27. The van der Waals surface area contributed by atoms with Crippen LogP contribution in [0.5, 0.6) is 0 Å². The van der Waals surface area contributed by atoms with Crippen molar-refractivity contribution in [3.63, 3.8) is 0 Å². The van der Waals surface area contributed by atoms with Crippen molar-refractivity contribution in [2.75, 3.05) is 33.4 Å². The van der Waals surface area contributed by atoms with Gasteiger partial charge in [-0.1, -0.05) is 5.11 Å². The summed E-state index contributed by atoms with van der Waals surface area (Å²) in [4.78, 5) is 5.22. The predicted molar refractivity (Wildman–Crippen MR) is 64.3 cm³/mol. The molecule has 16 heavy (non-hydrogen) atoms. The van der Waals surface area contributed by atoms with Crippen LogP contribution in [0.25, 0.3) is 10.4 Å². The molecule has 1 aliphatic rings. The molecule has 1 rings (SSSR count). The number of ether oxygens (including phenoxy) is 1. The normalized spacial score (nSPS) is 17.2. The fourth-order valence-corrected chi connectivity index (χ4v) is 1.99. The van der Waals surface area contributed by atoms with Crippen LogP contribution in [0.1, 0.15) is 26.2 Å². The monoisotopic (exact) mass is 226 g/mol. The smallest absolute Gasteiger partial charge is 0.0589 e. The summed E-state index contributed by atoms with van der Waals surface area (Å²) >= 11 is 0. The Bertz CT molecular complexity index is 236. The summed E-state index contributed by atoms with van der Waals surface area (Å²) in [6.07, 6.45) is 3.66. The fourth-order valence-electron chi connectivity index (χ4n) is 1.99. The lowest BCUT2D eigenvalue weighted by atomic mass is 10.1. The molecule has 0 spiro atoms. The van der Waals surface area contributed by atoms with E-state index in [4.69, 9.17) is 10.3 Å². The van der Waals surface area contributed by atoms with E-state index in [1.165, 1.54) is 12.8 Å². The average molecular weight is 226 g/mol. The van der Waals surface area contributed by atoms with Crippen LogP contribution < -0.4 is 0 Å². The molecule has 5 heteroatoms. The molecular formula is C11H22N4O. The molecule has 1 unspecified atom stereocenters. The molecule has 0 saturated heterocycles. The first-order chi connectivity index (χ1) is 7.79. The number of azide groups is 1. The Morgan fingerprint density at radius 1 is 1.50 bits per heavy atom. The van der Waals surface area contributed by atoms with Crippen LogP contribution in [-0.2, 0) is 4.74 Å². The quantitative estimate of drug-likeness (QED) is 0.262. The van der Waals surface area contributed by atoms with Gasteiger partial charge >= 0.3 is 0 Å². The van der Waals surface area contributed by atoms with E-state index in [1.54, 1.807) is 7.11 Å². The number of nitrogens with zero attached hydrogens (tertiary/aromatic N) is 4. The van der Waals surface area contributed by atoms with Gasteiger partial charge in [0.05, 0.1) is 6.61 Å². The predicted octanol–water partition coefficient (Wildman–Crippen LogP) is 2.43. The van der Waals surface area contributed by atoms with Gasteiger partial charge in [0, 0.05) is 31.2 Å². The standard InChI is InChI=1S/C11H22N4O/c1-10(11-4-5-11)15(8-9-16-2)7-3-6-13-14-12/h10-11H,3-9H2,1-2H3. The van der Waals surface area contributed by atoms with Crippen LogP contribution in [0.15, 0.2) is 5.11 Å². The molecule has 5 nitrogen and oxygen atoms in total.